The van der Waals surface area contributed by atoms with E-state index in [0.29, 0.717) is 28.8 Å². The van der Waals surface area contributed by atoms with Gasteiger partial charge in [0.05, 0.1) is 12.6 Å². The lowest BCUT2D eigenvalue weighted by Gasteiger charge is -2.11. The van der Waals surface area contributed by atoms with Gasteiger partial charge in [-0.25, -0.2) is 4.79 Å². The lowest BCUT2D eigenvalue weighted by Crippen LogP contribution is -2.12. The molecule has 0 N–H and O–H groups in total. The van der Waals surface area contributed by atoms with Crippen molar-refractivity contribution in [2.24, 2.45) is 0 Å². The lowest BCUT2D eigenvalue weighted by molar-refractivity contribution is 0.0586. The molecule has 0 atom stereocenters. The van der Waals surface area contributed by atoms with Crippen molar-refractivity contribution in [2.45, 2.75) is 6.54 Å². The number of nitrogens with zero attached hydrogens (tertiary/aromatic N) is 1. The van der Waals surface area contributed by atoms with Gasteiger partial charge in [-0.3, -0.25) is 0 Å². The number of ether oxygens (including phenoxy) is 2. The molecule has 0 radical (unpaired) electrons. The van der Waals surface area contributed by atoms with Gasteiger partial charge in [0.1, 0.15) is 5.75 Å². The Bertz CT molecular complexity index is 1170. The van der Waals surface area contributed by atoms with Crippen molar-refractivity contribution in [1.29, 1.82) is 0 Å². The van der Waals surface area contributed by atoms with E-state index in [1.165, 1.54) is 7.11 Å². The molecule has 0 bridgehead atoms. The molecule has 4 aromatic rings. The zero-order valence-electron chi connectivity index (χ0n) is 15.6. The van der Waals surface area contributed by atoms with Crippen molar-refractivity contribution in [3.05, 3.63) is 93.5 Å². The van der Waals surface area contributed by atoms with E-state index in [0.717, 1.165) is 20.9 Å². The topological polar surface area (TPSA) is 40.5 Å². The Balaban J connectivity index is 1.93. The summed E-state index contributed by atoms with van der Waals surface area (Å²) in [6.07, 6.45) is 0. The highest BCUT2D eigenvalue weighted by Crippen LogP contribution is 2.38. The Morgan fingerprint density at radius 3 is 2.45 bits per heavy atom. The van der Waals surface area contributed by atoms with Crippen LogP contribution >= 0.6 is 27.5 Å². The Labute approximate surface area is 181 Å². The fourth-order valence-electron chi connectivity index (χ4n) is 3.24. The van der Waals surface area contributed by atoms with Gasteiger partial charge in [0.25, 0.3) is 0 Å². The van der Waals surface area contributed by atoms with Gasteiger partial charge in [0, 0.05) is 21.4 Å². The summed E-state index contributed by atoms with van der Waals surface area (Å²) in [5.41, 5.74) is 2.24. The van der Waals surface area contributed by atoms with Crippen molar-refractivity contribution in [1.82, 2.24) is 4.57 Å². The second-order valence-corrected chi connectivity index (χ2v) is 7.81. The maximum Gasteiger partial charge on any atom is 0.358 e. The van der Waals surface area contributed by atoms with E-state index in [1.807, 2.05) is 77.4 Å². The molecule has 0 saturated heterocycles. The molecule has 0 aliphatic rings. The minimum atomic E-state index is -0.461. The zero-order valence-corrected chi connectivity index (χ0v) is 17.9. The van der Waals surface area contributed by atoms with Crippen LogP contribution in [0.5, 0.6) is 11.5 Å². The number of hydrogen-bond donors (Lipinski definition) is 0. The number of aromatic nitrogens is 1. The molecule has 3 aromatic carbocycles. The minimum absolute atomic E-state index is 0.361. The first-order chi connectivity index (χ1) is 14.1. The summed E-state index contributed by atoms with van der Waals surface area (Å²) in [6, 6.07) is 22.8. The van der Waals surface area contributed by atoms with E-state index in [-0.39, 0.29) is 0 Å². The molecule has 29 heavy (non-hydrogen) atoms. The quantitative estimate of drug-likeness (QED) is 0.305. The Morgan fingerprint density at radius 2 is 1.76 bits per heavy atom. The first kappa shape index (κ1) is 19.6. The fourth-order valence-corrected chi connectivity index (χ4v) is 3.73. The molecule has 0 amide bonds. The summed E-state index contributed by atoms with van der Waals surface area (Å²) >= 11 is 9.54. The summed E-state index contributed by atoms with van der Waals surface area (Å²) in [6.45, 7) is 0.470. The molecule has 0 unspecified atom stereocenters. The van der Waals surface area contributed by atoms with Crippen LogP contribution in [0.2, 0.25) is 5.02 Å². The highest BCUT2D eigenvalue weighted by molar-refractivity contribution is 9.10. The number of hydrogen-bond acceptors (Lipinski definition) is 3. The number of esters is 1. The van der Waals surface area contributed by atoms with Crippen LogP contribution in [0.25, 0.3) is 10.9 Å². The molecule has 146 valence electrons. The van der Waals surface area contributed by atoms with E-state index < -0.39 is 5.97 Å². The van der Waals surface area contributed by atoms with Crippen molar-refractivity contribution in [3.63, 3.8) is 0 Å². The standard InChI is InChI=1S/C23H17BrClNO3/c1-28-23(27)21-22(29-18-5-3-2-4-6-18)19-13-16(24)9-12-20(19)26(21)14-15-7-10-17(25)11-8-15/h2-13H,14H2,1H3. The molecule has 4 rings (SSSR count). The average Bonchev–Trinajstić information content (AvgIpc) is 3.02. The van der Waals surface area contributed by atoms with E-state index >= 15 is 0 Å². The van der Waals surface area contributed by atoms with Crippen molar-refractivity contribution in [2.75, 3.05) is 7.11 Å². The summed E-state index contributed by atoms with van der Waals surface area (Å²) < 4.78 is 14.1. The average molecular weight is 471 g/mol. The predicted molar refractivity (Wildman–Crippen MR) is 118 cm³/mol. The van der Waals surface area contributed by atoms with Crippen LogP contribution in [-0.4, -0.2) is 17.6 Å². The SMILES string of the molecule is COC(=O)c1c(Oc2ccccc2)c2cc(Br)ccc2n1Cc1ccc(Cl)cc1. The maximum atomic E-state index is 12.8. The van der Waals surface area contributed by atoms with E-state index in [1.54, 1.807) is 0 Å². The molecule has 0 aliphatic heterocycles. The van der Waals surface area contributed by atoms with Crippen LogP contribution in [0.4, 0.5) is 0 Å². The third kappa shape index (κ3) is 4.02. The number of carbonyl (C=O) groups is 1. The van der Waals surface area contributed by atoms with Gasteiger partial charge in [-0.2, -0.15) is 0 Å². The Hall–Kier alpha value is -2.76. The van der Waals surface area contributed by atoms with Crippen LogP contribution in [0.1, 0.15) is 16.1 Å². The summed E-state index contributed by atoms with van der Waals surface area (Å²) in [7, 11) is 1.37. The van der Waals surface area contributed by atoms with Gasteiger partial charge >= 0.3 is 5.97 Å². The maximum absolute atomic E-state index is 12.8. The second kappa shape index (κ2) is 8.31. The summed E-state index contributed by atoms with van der Waals surface area (Å²) in [4.78, 5) is 12.8. The van der Waals surface area contributed by atoms with E-state index in [2.05, 4.69) is 15.9 Å². The number of fused-ring (bicyclic) bond motifs is 1. The summed E-state index contributed by atoms with van der Waals surface area (Å²) in [5.74, 6) is 0.647. The number of rotatable bonds is 5. The van der Waals surface area contributed by atoms with Crippen LogP contribution in [-0.2, 0) is 11.3 Å². The highest BCUT2D eigenvalue weighted by atomic mass is 79.9. The molecule has 1 aromatic heterocycles. The van der Waals surface area contributed by atoms with Gasteiger partial charge in [-0.1, -0.05) is 57.9 Å². The highest BCUT2D eigenvalue weighted by Gasteiger charge is 2.26. The smallest absolute Gasteiger partial charge is 0.358 e. The van der Waals surface area contributed by atoms with Gasteiger partial charge < -0.3 is 14.0 Å². The lowest BCUT2D eigenvalue weighted by atomic mass is 10.2. The number of methoxy groups -OCH3 is 1. The summed E-state index contributed by atoms with van der Waals surface area (Å²) in [5, 5.41) is 1.48. The third-order valence-electron chi connectivity index (χ3n) is 4.57. The van der Waals surface area contributed by atoms with Crippen LogP contribution in [0.15, 0.2) is 77.3 Å². The normalized spacial score (nSPS) is 10.9. The van der Waals surface area contributed by atoms with Gasteiger partial charge in [-0.05, 0) is 48.0 Å². The number of carbonyl (C=O) groups excluding carboxylic acids is 1. The fraction of sp³-hybridized carbons (Fsp3) is 0.0870. The van der Waals surface area contributed by atoms with E-state index in [9.17, 15) is 4.79 Å². The molecule has 1 heterocycles. The van der Waals surface area contributed by atoms with E-state index in [4.69, 9.17) is 21.1 Å². The van der Waals surface area contributed by atoms with Crippen LogP contribution in [0.3, 0.4) is 0 Å². The molecule has 0 fully saturated rings. The molecular formula is C23H17BrClNO3. The second-order valence-electron chi connectivity index (χ2n) is 6.46. The predicted octanol–water partition coefficient (Wildman–Crippen LogP) is 6.68. The number of benzene rings is 3. The van der Waals surface area contributed by atoms with Gasteiger partial charge in [-0.15, -0.1) is 0 Å². The van der Waals surface area contributed by atoms with Crippen LogP contribution < -0.4 is 4.74 Å². The van der Waals surface area contributed by atoms with Crippen molar-refractivity contribution >= 4 is 44.4 Å². The first-order valence-corrected chi connectivity index (χ1v) is 10.1. The number of para-hydroxylation sites is 1. The van der Waals surface area contributed by atoms with Crippen molar-refractivity contribution < 1.29 is 14.3 Å². The molecule has 6 heteroatoms. The monoisotopic (exact) mass is 469 g/mol. The Morgan fingerprint density at radius 1 is 1.03 bits per heavy atom. The molecule has 0 spiro atoms. The Kier molecular flexibility index (Phi) is 5.60. The minimum Gasteiger partial charge on any atom is -0.464 e. The molecule has 0 aliphatic carbocycles. The van der Waals surface area contributed by atoms with Crippen LogP contribution in [0, 0.1) is 0 Å². The van der Waals surface area contributed by atoms with Crippen molar-refractivity contribution in [3.8, 4) is 11.5 Å². The third-order valence-corrected chi connectivity index (χ3v) is 5.32. The molecule has 0 saturated carbocycles. The molecule has 4 nitrogen and oxygen atoms in total. The largest absolute Gasteiger partial charge is 0.464 e. The number of halogens is 2. The van der Waals surface area contributed by atoms with Gasteiger partial charge in [0.2, 0.25) is 0 Å². The zero-order chi connectivity index (χ0) is 20.4. The molecular weight excluding hydrogens is 454 g/mol. The van der Waals surface area contributed by atoms with Gasteiger partial charge in [0.15, 0.2) is 11.4 Å². The first-order valence-electron chi connectivity index (χ1n) is 8.94.